The average molecular weight is 374 g/mol. The zero-order chi connectivity index (χ0) is 18.5. The average Bonchev–Trinajstić information content (AvgIpc) is 2.66. The minimum atomic E-state index is -0.175. The second kappa shape index (κ2) is 8.23. The van der Waals surface area contributed by atoms with Crippen molar-refractivity contribution in [1.29, 1.82) is 0 Å². The lowest BCUT2D eigenvalue weighted by molar-refractivity contribution is -0.122. The SMILES string of the molecule is COc1ccccc1C(=O)CCC(=O)NC1CCOc2ccc(Cl)cc21. The first-order valence-corrected chi connectivity index (χ1v) is 8.84. The molecule has 1 N–H and O–H groups in total. The Labute approximate surface area is 157 Å². The van der Waals surface area contributed by atoms with Crippen molar-refractivity contribution in [3.05, 3.63) is 58.6 Å². The summed E-state index contributed by atoms with van der Waals surface area (Å²) in [6.07, 6.45) is 0.904. The van der Waals surface area contributed by atoms with Crippen LogP contribution in [-0.4, -0.2) is 25.4 Å². The molecule has 136 valence electrons. The van der Waals surface area contributed by atoms with Gasteiger partial charge in [-0.2, -0.15) is 0 Å². The smallest absolute Gasteiger partial charge is 0.220 e. The Morgan fingerprint density at radius 3 is 2.85 bits per heavy atom. The van der Waals surface area contributed by atoms with E-state index in [4.69, 9.17) is 21.1 Å². The van der Waals surface area contributed by atoms with Gasteiger partial charge >= 0.3 is 0 Å². The van der Waals surface area contributed by atoms with Crippen LogP contribution in [0.25, 0.3) is 0 Å². The third-order valence-corrected chi connectivity index (χ3v) is 4.57. The molecule has 5 nitrogen and oxygen atoms in total. The van der Waals surface area contributed by atoms with Gasteiger partial charge in [-0.25, -0.2) is 0 Å². The number of ether oxygens (including phenoxy) is 2. The molecule has 1 amide bonds. The van der Waals surface area contributed by atoms with E-state index in [1.165, 1.54) is 7.11 Å². The van der Waals surface area contributed by atoms with Gasteiger partial charge in [0.15, 0.2) is 5.78 Å². The number of fused-ring (bicyclic) bond motifs is 1. The Hall–Kier alpha value is -2.53. The minimum Gasteiger partial charge on any atom is -0.496 e. The minimum absolute atomic E-state index is 0.115. The van der Waals surface area contributed by atoms with Crippen molar-refractivity contribution in [2.45, 2.75) is 25.3 Å². The van der Waals surface area contributed by atoms with Crippen LogP contribution in [0.5, 0.6) is 11.5 Å². The number of amides is 1. The largest absolute Gasteiger partial charge is 0.496 e. The van der Waals surface area contributed by atoms with Crippen LogP contribution in [0.2, 0.25) is 5.02 Å². The van der Waals surface area contributed by atoms with Crippen molar-refractivity contribution in [3.63, 3.8) is 0 Å². The van der Waals surface area contributed by atoms with Gasteiger partial charge in [0.25, 0.3) is 0 Å². The molecule has 1 unspecified atom stereocenters. The van der Waals surface area contributed by atoms with Gasteiger partial charge in [0, 0.05) is 29.8 Å². The monoisotopic (exact) mass is 373 g/mol. The number of benzene rings is 2. The van der Waals surface area contributed by atoms with Crippen LogP contribution >= 0.6 is 11.6 Å². The molecule has 1 aliphatic heterocycles. The summed E-state index contributed by atoms with van der Waals surface area (Å²) in [5.74, 6) is 0.959. The molecule has 1 aliphatic rings. The molecule has 0 bridgehead atoms. The maximum atomic E-state index is 12.4. The highest BCUT2D eigenvalue weighted by atomic mass is 35.5. The van der Waals surface area contributed by atoms with Crippen molar-refractivity contribution in [1.82, 2.24) is 5.32 Å². The number of carbonyl (C=O) groups is 2. The van der Waals surface area contributed by atoms with Gasteiger partial charge in [-0.05, 0) is 30.3 Å². The molecule has 3 rings (SSSR count). The first-order chi connectivity index (χ1) is 12.6. The van der Waals surface area contributed by atoms with Crippen LogP contribution in [0.4, 0.5) is 0 Å². The second-order valence-electron chi connectivity index (χ2n) is 6.06. The molecule has 0 saturated carbocycles. The number of halogens is 1. The summed E-state index contributed by atoms with van der Waals surface area (Å²) in [6.45, 7) is 0.528. The molecule has 0 spiro atoms. The van der Waals surface area contributed by atoms with E-state index in [1.54, 1.807) is 42.5 Å². The quantitative estimate of drug-likeness (QED) is 0.778. The fourth-order valence-corrected chi connectivity index (χ4v) is 3.20. The fourth-order valence-electron chi connectivity index (χ4n) is 3.02. The van der Waals surface area contributed by atoms with Crippen molar-refractivity contribution >= 4 is 23.3 Å². The van der Waals surface area contributed by atoms with Gasteiger partial charge < -0.3 is 14.8 Å². The fraction of sp³-hybridized carbons (Fsp3) is 0.300. The number of nitrogens with one attached hydrogen (secondary N) is 1. The van der Waals surface area contributed by atoms with Gasteiger partial charge in [-0.1, -0.05) is 23.7 Å². The van der Waals surface area contributed by atoms with Crippen molar-refractivity contribution < 1.29 is 19.1 Å². The molecule has 2 aromatic carbocycles. The van der Waals surface area contributed by atoms with E-state index < -0.39 is 0 Å². The van der Waals surface area contributed by atoms with E-state index in [0.29, 0.717) is 29.4 Å². The second-order valence-corrected chi connectivity index (χ2v) is 6.50. The normalized spacial score (nSPS) is 15.5. The number of ketones is 1. The van der Waals surface area contributed by atoms with E-state index in [-0.39, 0.29) is 30.6 Å². The lowest BCUT2D eigenvalue weighted by Gasteiger charge is -2.27. The van der Waals surface area contributed by atoms with Crippen LogP contribution < -0.4 is 14.8 Å². The summed E-state index contributed by atoms with van der Waals surface area (Å²) in [6, 6.07) is 12.2. The molecule has 0 aromatic heterocycles. The van der Waals surface area contributed by atoms with Crippen LogP contribution in [0.15, 0.2) is 42.5 Å². The summed E-state index contributed by atoms with van der Waals surface area (Å²) < 4.78 is 10.8. The molecule has 2 aromatic rings. The maximum absolute atomic E-state index is 12.4. The summed E-state index contributed by atoms with van der Waals surface area (Å²) in [7, 11) is 1.52. The van der Waals surface area contributed by atoms with Gasteiger partial charge in [0.05, 0.1) is 25.3 Å². The highest BCUT2D eigenvalue weighted by Crippen LogP contribution is 2.34. The highest BCUT2D eigenvalue weighted by molar-refractivity contribution is 6.30. The zero-order valence-electron chi connectivity index (χ0n) is 14.5. The molecular weight excluding hydrogens is 354 g/mol. The Balaban J connectivity index is 1.60. The molecule has 0 aliphatic carbocycles. The van der Waals surface area contributed by atoms with E-state index >= 15 is 0 Å². The number of hydrogen-bond acceptors (Lipinski definition) is 4. The van der Waals surface area contributed by atoms with Crippen LogP contribution in [0.3, 0.4) is 0 Å². The van der Waals surface area contributed by atoms with Crippen LogP contribution in [0, 0.1) is 0 Å². The number of methoxy groups -OCH3 is 1. The topological polar surface area (TPSA) is 64.6 Å². The summed E-state index contributed by atoms with van der Waals surface area (Å²) >= 11 is 6.05. The summed E-state index contributed by atoms with van der Waals surface area (Å²) in [5, 5.41) is 3.57. The Morgan fingerprint density at radius 2 is 2.04 bits per heavy atom. The van der Waals surface area contributed by atoms with Gasteiger partial charge in [0.2, 0.25) is 5.91 Å². The third-order valence-electron chi connectivity index (χ3n) is 4.33. The number of para-hydroxylation sites is 1. The lowest BCUT2D eigenvalue weighted by Crippen LogP contribution is -2.32. The van der Waals surface area contributed by atoms with Crippen molar-refractivity contribution in [2.75, 3.05) is 13.7 Å². The predicted molar refractivity (Wildman–Crippen MR) is 99.0 cm³/mol. The molecule has 6 heteroatoms. The van der Waals surface area contributed by atoms with E-state index in [0.717, 1.165) is 11.3 Å². The lowest BCUT2D eigenvalue weighted by atomic mass is 10.00. The van der Waals surface area contributed by atoms with Crippen molar-refractivity contribution in [3.8, 4) is 11.5 Å². The first-order valence-electron chi connectivity index (χ1n) is 8.46. The molecule has 0 saturated heterocycles. The summed E-state index contributed by atoms with van der Waals surface area (Å²) in [4.78, 5) is 24.7. The zero-order valence-corrected chi connectivity index (χ0v) is 15.2. The molecule has 0 fully saturated rings. The van der Waals surface area contributed by atoms with Gasteiger partial charge in [-0.3, -0.25) is 9.59 Å². The van der Waals surface area contributed by atoms with E-state index in [9.17, 15) is 9.59 Å². The standard InChI is InChI=1S/C20H20ClNO4/c1-25-18-5-3-2-4-14(18)17(23)7-9-20(24)22-16-10-11-26-19-8-6-13(21)12-15(16)19/h2-6,8,12,16H,7,9-11H2,1H3,(H,22,24). The van der Waals surface area contributed by atoms with Crippen molar-refractivity contribution in [2.24, 2.45) is 0 Å². The Bertz CT molecular complexity index is 821. The predicted octanol–water partition coefficient (Wildman–Crippen LogP) is 3.95. The molecule has 1 atom stereocenters. The van der Waals surface area contributed by atoms with Gasteiger partial charge in [0.1, 0.15) is 11.5 Å². The third kappa shape index (κ3) is 4.17. The molecule has 1 heterocycles. The molecule has 0 radical (unpaired) electrons. The Morgan fingerprint density at radius 1 is 1.23 bits per heavy atom. The highest BCUT2D eigenvalue weighted by Gasteiger charge is 2.23. The number of Topliss-reactive ketones (excluding diaryl/α,β-unsaturated/α-hetero) is 1. The van der Waals surface area contributed by atoms with Gasteiger partial charge in [-0.15, -0.1) is 0 Å². The number of hydrogen-bond donors (Lipinski definition) is 1. The van der Waals surface area contributed by atoms with Crippen LogP contribution in [0.1, 0.15) is 41.2 Å². The van der Waals surface area contributed by atoms with E-state index in [1.807, 2.05) is 0 Å². The van der Waals surface area contributed by atoms with Crippen LogP contribution in [-0.2, 0) is 4.79 Å². The number of carbonyl (C=O) groups excluding carboxylic acids is 2. The Kier molecular flexibility index (Phi) is 5.78. The molecule has 26 heavy (non-hydrogen) atoms. The maximum Gasteiger partial charge on any atom is 0.220 e. The van der Waals surface area contributed by atoms with E-state index in [2.05, 4.69) is 5.32 Å². The first kappa shape index (κ1) is 18.3. The number of rotatable bonds is 6. The molecular formula is C20H20ClNO4. The summed E-state index contributed by atoms with van der Waals surface area (Å²) in [5.41, 5.74) is 1.36.